The molecule has 0 radical (unpaired) electrons. The number of aromatic hydroxyl groups is 1. The van der Waals surface area contributed by atoms with Crippen LogP contribution in [0.15, 0.2) is 33.5 Å². The van der Waals surface area contributed by atoms with Crippen LogP contribution in [0.3, 0.4) is 0 Å². The minimum Gasteiger partial charge on any atom is -0.508 e. The lowest BCUT2D eigenvalue weighted by molar-refractivity contribution is 0.107. The number of ether oxygens (including phenoxy) is 1. The Morgan fingerprint density at radius 2 is 2.04 bits per heavy atom. The van der Waals surface area contributed by atoms with E-state index in [1.807, 2.05) is 7.05 Å². The molecule has 1 aliphatic carbocycles. The van der Waals surface area contributed by atoms with Crippen molar-refractivity contribution < 1.29 is 23.0 Å². The van der Waals surface area contributed by atoms with Crippen molar-refractivity contribution in [1.29, 1.82) is 0 Å². The molecule has 45 heavy (non-hydrogen) atoms. The van der Waals surface area contributed by atoms with Gasteiger partial charge in [0.15, 0.2) is 0 Å². The normalized spacial score (nSPS) is 22.3. The van der Waals surface area contributed by atoms with Gasteiger partial charge in [-0.15, -0.1) is 6.42 Å². The maximum atomic E-state index is 14.9. The van der Waals surface area contributed by atoms with Crippen molar-refractivity contribution in [2.45, 2.75) is 62.7 Å². The Bertz CT molecular complexity index is 1930. The van der Waals surface area contributed by atoms with Gasteiger partial charge >= 0.3 is 11.6 Å². The maximum Gasteiger partial charge on any atom is 0.349 e. The second-order valence-electron chi connectivity index (χ2n) is 12.7. The molecule has 0 bridgehead atoms. The molecule has 2 aliphatic heterocycles. The number of hydrogen-bond donors (Lipinski definition) is 3. The number of benzene rings is 2. The van der Waals surface area contributed by atoms with Gasteiger partial charge in [-0.1, -0.05) is 12.0 Å². The number of aryl methyl sites for hydroxylation is 1. The van der Waals surface area contributed by atoms with Crippen LogP contribution >= 0.6 is 0 Å². The SMILES string of the molecule is C#Cc1c(F)ccc2cc(O)cc(-c3oc(=O)c4c(NCC5(NC)CCC5)nc(OC[C@@]56CCCN5C[C@H](F)C6)nc4c3C)c12. The molecule has 2 aromatic carbocycles. The zero-order chi connectivity index (χ0) is 31.5. The lowest BCUT2D eigenvalue weighted by Crippen LogP contribution is -2.54. The van der Waals surface area contributed by atoms with Crippen molar-refractivity contribution in [3.05, 3.63) is 51.6 Å². The molecule has 1 saturated carbocycles. The number of aromatic nitrogens is 2. The summed E-state index contributed by atoms with van der Waals surface area (Å²) in [6.07, 6.45) is 10.0. The van der Waals surface area contributed by atoms with Crippen LogP contribution in [0.5, 0.6) is 11.8 Å². The van der Waals surface area contributed by atoms with Crippen LogP contribution in [-0.2, 0) is 0 Å². The molecule has 7 rings (SSSR count). The molecule has 9 nitrogen and oxygen atoms in total. The minimum absolute atomic E-state index is 0.0142. The van der Waals surface area contributed by atoms with Crippen molar-refractivity contribution in [2.75, 3.05) is 38.6 Å². The summed E-state index contributed by atoms with van der Waals surface area (Å²) < 4.78 is 41.5. The van der Waals surface area contributed by atoms with Crippen molar-refractivity contribution in [3.63, 3.8) is 0 Å². The lowest BCUT2D eigenvalue weighted by Gasteiger charge is -2.42. The highest BCUT2D eigenvalue weighted by Crippen LogP contribution is 2.42. The number of fused-ring (bicyclic) bond motifs is 3. The molecule has 2 aromatic heterocycles. The van der Waals surface area contributed by atoms with Gasteiger partial charge < -0.3 is 24.9 Å². The first-order valence-electron chi connectivity index (χ1n) is 15.4. The molecule has 0 amide bonds. The smallest absolute Gasteiger partial charge is 0.349 e. The van der Waals surface area contributed by atoms with Gasteiger partial charge in [-0.3, -0.25) is 4.90 Å². The van der Waals surface area contributed by atoms with Crippen molar-refractivity contribution in [2.24, 2.45) is 0 Å². The Morgan fingerprint density at radius 3 is 2.78 bits per heavy atom. The molecule has 3 N–H and O–H groups in total. The maximum absolute atomic E-state index is 14.9. The monoisotopic (exact) mass is 615 g/mol. The third-order valence-electron chi connectivity index (χ3n) is 10.1. The van der Waals surface area contributed by atoms with Crippen LogP contribution in [0.2, 0.25) is 0 Å². The van der Waals surface area contributed by atoms with E-state index in [0.29, 0.717) is 35.8 Å². The number of phenolic OH excluding ortho intramolecular Hbond substituents is 1. The lowest BCUT2D eigenvalue weighted by atomic mass is 9.77. The van der Waals surface area contributed by atoms with Crippen molar-refractivity contribution >= 4 is 27.5 Å². The van der Waals surface area contributed by atoms with Gasteiger partial charge in [-0.05, 0) is 76.2 Å². The molecule has 11 heteroatoms. The largest absolute Gasteiger partial charge is 0.508 e. The minimum atomic E-state index is -0.909. The van der Waals surface area contributed by atoms with Gasteiger partial charge in [-0.2, -0.15) is 9.97 Å². The predicted molar refractivity (Wildman–Crippen MR) is 168 cm³/mol. The highest BCUT2D eigenvalue weighted by Gasteiger charge is 2.49. The number of terminal acetylenes is 1. The van der Waals surface area contributed by atoms with Gasteiger partial charge in [0.1, 0.15) is 41.3 Å². The van der Waals surface area contributed by atoms with Gasteiger partial charge in [-0.25, -0.2) is 13.6 Å². The highest BCUT2D eigenvalue weighted by molar-refractivity contribution is 6.03. The Hall–Kier alpha value is -4.27. The molecule has 234 valence electrons. The van der Waals surface area contributed by atoms with Crippen molar-refractivity contribution in [1.82, 2.24) is 20.2 Å². The highest BCUT2D eigenvalue weighted by atomic mass is 19.1. The Morgan fingerprint density at radius 1 is 1.22 bits per heavy atom. The average Bonchev–Trinajstić information content (AvgIpc) is 3.52. The summed E-state index contributed by atoms with van der Waals surface area (Å²) in [6.45, 7) is 3.67. The zero-order valence-corrected chi connectivity index (χ0v) is 25.3. The molecule has 3 aliphatic rings. The number of hydrogen-bond acceptors (Lipinski definition) is 9. The fourth-order valence-electron chi connectivity index (χ4n) is 7.45. The van der Waals surface area contributed by atoms with E-state index >= 15 is 0 Å². The van der Waals surface area contributed by atoms with Crippen LogP contribution in [0.4, 0.5) is 14.6 Å². The molecular weight excluding hydrogens is 580 g/mol. The number of alkyl halides is 1. The van der Waals surface area contributed by atoms with E-state index in [4.69, 9.17) is 20.6 Å². The van der Waals surface area contributed by atoms with E-state index in [9.17, 15) is 18.7 Å². The number of rotatable bonds is 8. The van der Waals surface area contributed by atoms with E-state index < -0.39 is 23.2 Å². The van der Waals surface area contributed by atoms with E-state index in [-0.39, 0.29) is 57.5 Å². The standard InChI is InChI=1S/C34H35F2N5O4/c1-4-23-25(36)8-7-20-13-22(42)14-24(26(20)23)29-19(2)28-27(31(43)45-29)30(38-17-33(37-3)9-5-10-33)40-32(39-28)44-18-34-11-6-12-41(34)16-21(35)15-34/h1,7-8,13-14,21,37,42H,5-6,9-12,15-18H2,2-3H3,(H,38,39,40)/t21-,34+/m1/s1. The summed E-state index contributed by atoms with van der Waals surface area (Å²) in [4.78, 5) is 25.2. The molecule has 0 unspecified atom stereocenters. The summed E-state index contributed by atoms with van der Waals surface area (Å²) in [5.74, 6) is 2.04. The molecule has 2 saturated heterocycles. The number of nitrogens with one attached hydrogen (secondary N) is 2. The first kappa shape index (κ1) is 29.4. The molecule has 4 aromatic rings. The molecule has 0 spiro atoms. The first-order chi connectivity index (χ1) is 21.7. The fraction of sp³-hybridized carbons (Fsp3) is 0.441. The molecule has 2 atom stereocenters. The van der Waals surface area contributed by atoms with E-state index in [1.165, 1.54) is 24.3 Å². The number of nitrogens with zero attached hydrogens (tertiary/aromatic N) is 3. The van der Waals surface area contributed by atoms with Gasteiger partial charge in [0.2, 0.25) is 0 Å². The topological polar surface area (TPSA) is 113 Å². The third-order valence-corrected chi connectivity index (χ3v) is 10.1. The second kappa shape index (κ2) is 11.0. The summed E-state index contributed by atoms with van der Waals surface area (Å²) in [6, 6.07) is 5.66. The zero-order valence-electron chi connectivity index (χ0n) is 25.3. The van der Waals surface area contributed by atoms with Gasteiger partial charge in [0.25, 0.3) is 0 Å². The molecular formula is C34H35F2N5O4. The number of likely N-dealkylation sites (N-methyl/N-ethyl adjacent to an activating group) is 1. The van der Waals surface area contributed by atoms with Gasteiger partial charge in [0, 0.05) is 41.6 Å². The Labute approximate surface area is 259 Å². The van der Waals surface area contributed by atoms with Crippen molar-refractivity contribution in [3.8, 4) is 35.4 Å². The Balaban J connectivity index is 1.38. The number of halogens is 2. The fourth-order valence-corrected chi connectivity index (χ4v) is 7.45. The van der Waals surface area contributed by atoms with Crippen LogP contribution in [0.25, 0.3) is 33.0 Å². The second-order valence-corrected chi connectivity index (χ2v) is 12.7. The number of anilines is 1. The third kappa shape index (κ3) is 4.87. The summed E-state index contributed by atoms with van der Waals surface area (Å²) in [5, 5.41) is 18.3. The molecule has 3 fully saturated rings. The number of phenols is 1. The summed E-state index contributed by atoms with van der Waals surface area (Å²) >= 11 is 0. The quantitative estimate of drug-likeness (QED) is 0.235. The predicted octanol–water partition coefficient (Wildman–Crippen LogP) is 5.05. The average molecular weight is 616 g/mol. The summed E-state index contributed by atoms with van der Waals surface area (Å²) in [7, 11) is 1.91. The van der Waals surface area contributed by atoms with Crippen LogP contribution in [0.1, 0.15) is 49.7 Å². The van der Waals surface area contributed by atoms with E-state index in [2.05, 4.69) is 26.4 Å². The summed E-state index contributed by atoms with van der Waals surface area (Å²) in [5.41, 5.74) is -0.276. The van der Waals surface area contributed by atoms with Crippen LogP contribution in [-0.4, -0.2) is 70.5 Å². The molecule has 4 heterocycles. The van der Waals surface area contributed by atoms with Crippen LogP contribution < -0.4 is 21.0 Å². The first-order valence-corrected chi connectivity index (χ1v) is 15.4. The van der Waals surface area contributed by atoms with Gasteiger partial charge in [0.05, 0.1) is 16.6 Å². The Kier molecular flexibility index (Phi) is 7.17. The van der Waals surface area contributed by atoms with Crippen LogP contribution in [0, 0.1) is 25.1 Å². The van der Waals surface area contributed by atoms with E-state index in [0.717, 1.165) is 38.6 Å². The van der Waals surface area contributed by atoms with E-state index in [1.54, 1.807) is 6.92 Å².